The minimum atomic E-state index is -3.48. The van der Waals surface area contributed by atoms with E-state index in [1.807, 2.05) is 30.3 Å². The number of carbonyl (C=O) groups is 1. The quantitative estimate of drug-likeness (QED) is 0.825. The number of aliphatic carboxylic acids is 1. The van der Waals surface area contributed by atoms with Crippen LogP contribution in [0.15, 0.2) is 54.6 Å². The van der Waals surface area contributed by atoms with E-state index in [0.717, 1.165) is 5.56 Å². The molecule has 2 aromatic rings. The lowest BCUT2D eigenvalue weighted by Gasteiger charge is -2.40. The van der Waals surface area contributed by atoms with E-state index >= 15 is 0 Å². The Kier molecular flexibility index (Phi) is 5.23. The number of benzene rings is 2. The van der Waals surface area contributed by atoms with E-state index in [0.29, 0.717) is 24.1 Å². The standard InChI is InChI=1S/C18H20NO5P/c1-23-15-7-9-16(10-8-15)25(22)19(13-18(20)21)17(11-12-24-25)14-5-3-2-4-6-14/h2-10,17H,11-13H2,1H3,(H,20,21). The zero-order valence-corrected chi connectivity index (χ0v) is 14.8. The first-order valence-electron chi connectivity index (χ1n) is 7.97. The van der Waals surface area contributed by atoms with Crippen LogP contribution in [0.5, 0.6) is 5.75 Å². The molecule has 2 unspecified atom stereocenters. The number of hydrogen-bond acceptors (Lipinski definition) is 4. The third-order valence-corrected chi connectivity index (χ3v) is 6.82. The highest BCUT2D eigenvalue weighted by Crippen LogP contribution is 2.57. The lowest BCUT2D eigenvalue weighted by Crippen LogP contribution is -2.39. The SMILES string of the molecule is COc1ccc(P2(=O)OCCC(c3ccccc3)N2CC(=O)O)cc1. The summed E-state index contributed by atoms with van der Waals surface area (Å²) < 4.78 is 26.0. The van der Waals surface area contributed by atoms with E-state index in [4.69, 9.17) is 9.26 Å². The first kappa shape index (κ1) is 17.7. The van der Waals surface area contributed by atoms with Crippen LogP contribution >= 0.6 is 7.52 Å². The van der Waals surface area contributed by atoms with Crippen LogP contribution in [0.4, 0.5) is 0 Å². The van der Waals surface area contributed by atoms with E-state index in [1.54, 1.807) is 31.4 Å². The molecule has 25 heavy (non-hydrogen) atoms. The second-order valence-electron chi connectivity index (χ2n) is 5.76. The van der Waals surface area contributed by atoms with Gasteiger partial charge in [0.2, 0.25) is 0 Å². The molecule has 1 aliphatic heterocycles. The maximum atomic E-state index is 13.7. The molecule has 2 aromatic carbocycles. The van der Waals surface area contributed by atoms with Gasteiger partial charge in [-0.1, -0.05) is 30.3 Å². The molecule has 7 heteroatoms. The molecule has 0 radical (unpaired) electrons. The van der Waals surface area contributed by atoms with Gasteiger partial charge in [0.05, 0.1) is 19.0 Å². The van der Waals surface area contributed by atoms with Crippen molar-refractivity contribution in [2.45, 2.75) is 12.5 Å². The predicted molar refractivity (Wildman–Crippen MR) is 94.3 cm³/mol. The van der Waals surface area contributed by atoms with Crippen molar-refractivity contribution in [2.24, 2.45) is 0 Å². The molecule has 132 valence electrons. The van der Waals surface area contributed by atoms with Crippen molar-refractivity contribution >= 4 is 18.8 Å². The number of rotatable bonds is 5. The molecule has 6 nitrogen and oxygen atoms in total. The molecule has 0 amide bonds. The van der Waals surface area contributed by atoms with E-state index < -0.39 is 13.5 Å². The monoisotopic (exact) mass is 361 g/mol. The third kappa shape index (κ3) is 3.61. The largest absolute Gasteiger partial charge is 0.497 e. The van der Waals surface area contributed by atoms with Gasteiger partial charge < -0.3 is 14.4 Å². The summed E-state index contributed by atoms with van der Waals surface area (Å²) in [5.74, 6) is -0.406. The molecule has 1 aliphatic rings. The fourth-order valence-corrected chi connectivity index (χ4v) is 5.44. The van der Waals surface area contributed by atoms with Crippen LogP contribution in [0, 0.1) is 0 Å². The van der Waals surface area contributed by atoms with Crippen LogP contribution in [0.1, 0.15) is 18.0 Å². The topological polar surface area (TPSA) is 76.1 Å². The lowest BCUT2D eigenvalue weighted by molar-refractivity contribution is -0.138. The van der Waals surface area contributed by atoms with Crippen LogP contribution in [-0.4, -0.2) is 36.0 Å². The summed E-state index contributed by atoms with van der Waals surface area (Å²) in [4.78, 5) is 11.4. The Bertz CT molecular complexity index is 778. The molecule has 0 saturated carbocycles. The molecule has 0 aromatic heterocycles. The number of hydrogen-bond donors (Lipinski definition) is 1. The van der Waals surface area contributed by atoms with Crippen molar-refractivity contribution in [2.75, 3.05) is 20.3 Å². The van der Waals surface area contributed by atoms with E-state index in [2.05, 4.69) is 0 Å². The molecule has 0 aliphatic carbocycles. The van der Waals surface area contributed by atoms with Crippen molar-refractivity contribution in [3.8, 4) is 5.75 Å². The highest BCUT2D eigenvalue weighted by molar-refractivity contribution is 7.64. The van der Waals surface area contributed by atoms with Gasteiger partial charge >= 0.3 is 13.5 Å². The number of ether oxygens (including phenoxy) is 1. The molecule has 2 atom stereocenters. The van der Waals surface area contributed by atoms with Gasteiger partial charge in [-0.05, 0) is 36.2 Å². The summed E-state index contributed by atoms with van der Waals surface area (Å²) in [6, 6.07) is 16.0. The molecule has 1 heterocycles. The summed E-state index contributed by atoms with van der Waals surface area (Å²) in [5.41, 5.74) is 0.931. The molecule has 1 N–H and O–H groups in total. The summed E-state index contributed by atoms with van der Waals surface area (Å²) in [6.07, 6.45) is 0.581. The Hall–Kier alpha value is -2.14. The lowest BCUT2D eigenvalue weighted by atomic mass is 10.0. The van der Waals surface area contributed by atoms with Crippen molar-refractivity contribution in [1.82, 2.24) is 4.67 Å². The predicted octanol–water partition coefficient (Wildman–Crippen LogP) is 3.06. The molecule has 0 spiro atoms. The minimum absolute atomic E-state index is 0.279. The smallest absolute Gasteiger partial charge is 0.318 e. The third-order valence-electron chi connectivity index (χ3n) is 4.24. The fourth-order valence-electron chi connectivity index (χ4n) is 3.04. The van der Waals surface area contributed by atoms with E-state index in [9.17, 15) is 14.5 Å². The fraction of sp³-hybridized carbons (Fsp3) is 0.278. The molecule has 3 rings (SSSR count). The van der Waals surface area contributed by atoms with Gasteiger partial charge in [0, 0.05) is 6.04 Å². The number of methoxy groups -OCH3 is 1. The minimum Gasteiger partial charge on any atom is -0.497 e. The summed E-state index contributed by atoms with van der Waals surface area (Å²) in [5, 5.41) is 9.82. The normalized spacial score (nSPS) is 24.0. The van der Waals surface area contributed by atoms with Gasteiger partial charge in [0.25, 0.3) is 0 Å². The van der Waals surface area contributed by atoms with Crippen molar-refractivity contribution in [3.63, 3.8) is 0 Å². The number of carboxylic acids is 1. The van der Waals surface area contributed by atoms with Gasteiger partial charge in [-0.15, -0.1) is 0 Å². The van der Waals surface area contributed by atoms with E-state index in [-0.39, 0.29) is 12.6 Å². The summed E-state index contributed by atoms with van der Waals surface area (Å²) in [6.45, 7) is -0.0537. The van der Waals surface area contributed by atoms with Crippen molar-refractivity contribution < 1.29 is 23.7 Å². The van der Waals surface area contributed by atoms with Crippen molar-refractivity contribution in [3.05, 3.63) is 60.2 Å². The average Bonchev–Trinajstić information content (AvgIpc) is 2.64. The Morgan fingerprint density at radius 3 is 2.52 bits per heavy atom. The number of nitrogens with zero attached hydrogens (tertiary/aromatic N) is 1. The van der Waals surface area contributed by atoms with Crippen LogP contribution in [0.25, 0.3) is 0 Å². The molecule has 1 saturated heterocycles. The Balaban J connectivity index is 2.03. The molecule has 0 bridgehead atoms. The summed E-state index contributed by atoms with van der Waals surface area (Å²) >= 11 is 0. The van der Waals surface area contributed by atoms with Gasteiger partial charge in [-0.2, -0.15) is 0 Å². The van der Waals surface area contributed by atoms with Crippen LogP contribution in [-0.2, 0) is 13.9 Å². The number of carboxylic acid groups (broad SMARTS) is 1. The van der Waals surface area contributed by atoms with Crippen LogP contribution < -0.4 is 10.0 Å². The van der Waals surface area contributed by atoms with E-state index in [1.165, 1.54) is 4.67 Å². The highest BCUT2D eigenvalue weighted by atomic mass is 31.2. The molecular weight excluding hydrogens is 341 g/mol. The second-order valence-corrected chi connectivity index (χ2v) is 8.09. The Labute approximate surface area is 146 Å². The molecule has 1 fully saturated rings. The summed E-state index contributed by atoms with van der Waals surface area (Å²) in [7, 11) is -1.93. The molecular formula is C18H20NO5P. The second kappa shape index (κ2) is 7.40. The first-order valence-corrected chi connectivity index (χ1v) is 9.55. The maximum Gasteiger partial charge on any atom is 0.318 e. The van der Waals surface area contributed by atoms with Gasteiger partial charge in [0.1, 0.15) is 12.3 Å². The first-order chi connectivity index (χ1) is 12.0. The van der Waals surface area contributed by atoms with Crippen LogP contribution in [0.2, 0.25) is 0 Å². The average molecular weight is 361 g/mol. The Morgan fingerprint density at radius 2 is 1.92 bits per heavy atom. The highest BCUT2D eigenvalue weighted by Gasteiger charge is 2.43. The van der Waals surface area contributed by atoms with Gasteiger partial charge in [-0.3, -0.25) is 9.36 Å². The zero-order valence-electron chi connectivity index (χ0n) is 13.9. The van der Waals surface area contributed by atoms with Crippen molar-refractivity contribution in [1.29, 1.82) is 0 Å². The maximum absolute atomic E-state index is 13.7. The van der Waals surface area contributed by atoms with Crippen LogP contribution in [0.3, 0.4) is 0 Å². The van der Waals surface area contributed by atoms with Gasteiger partial charge in [0.15, 0.2) is 0 Å². The van der Waals surface area contributed by atoms with Gasteiger partial charge in [-0.25, -0.2) is 4.67 Å². The Morgan fingerprint density at radius 1 is 1.24 bits per heavy atom. The zero-order chi connectivity index (χ0) is 17.9.